The Kier molecular flexibility index (Phi) is 4.80. The fraction of sp³-hybridized carbons (Fsp3) is 0.286. The topological polar surface area (TPSA) is 67.4 Å². The Balaban J connectivity index is 1.81. The van der Waals surface area contributed by atoms with Gasteiger partial charge in [-0.05, 0) is 24.6 Å². The molecule has 1 aromatic rings. The number of benzene rings is 1. The van der Waals surface area contributed by atoms with Crippen molar-refractivity contribution < 1.29 is 18.7 Å². The highest BCUT2D eigenvalue weighted by atomic mass is 35.5. The van der Waals surface area contributed by atoms with Crippen LogP contribution >= 0.6 is 11.6 Å². The van der Waals surface area contributed by atoms with Gasteiger partial charge in [-0.1, -0.05) is 11.6 Å². The van der Waals surface area contributed by atoms with Gasteiger partial charge >= 0.3 is 0 Å². The average Bonchev–Trinajstić information content (AvgIpc) is 2.47. The van der Waals surface area contributed by atoms with Crippen molar-refractivity contribution in [1.29, 1.82) is 0 Å². The Morgan fingerprint density at radius 1 is 1.57 bits per heavy atom. The molecular weight excluding hydrogens is 299 g/mol. The van der Waals surface area contributed by atoms with Crippen molar-refractivity contribution in [3.8, 4) is 5.75 Å². The zero-order valence-corrected chi connectivity index (χ0v) is 12.0. The van der Waals surface area contributed by atoms with Gasteiger partial charge in [0.25, 0.3) is 5.91 Å². The summed E-state index contributed by atoms with van der Waals surface area (Å²) < 4.78 is 18.4. The molecule has 5 nitrogen and oxygen atoms in total. The molecule has 0 fully saturated rings. The molecule has 0 saturated heterocycles. The smallest absolute Gasteiger partial charge is 0.258 e. The van der Waals surface area contributed by atoms with E-state index in [0.717, 1.165) is 17.3 Å². The molecule has 2 rings (SSSR count). The number of nitrogens with one attached hydrogen (secondary N) is 2. The minimum Gasteiger partial charge on any atom is -0.484 e. The fourth-order valence-electron chi connectivity index (χ4n) is 1.95. The van der Waals surface area contributed by atoms with Crippen LogP contribution in [0.3, 0.4) is 0 Å². The molecule has 21 heavy (non-hydrogen) atoms. The lowest BCUT2D eigenvalue weighted by Gasteiger charge is -2.31. The number of carbonyl (C=O) groups is 2. The van der Waals surface area contributed by atoms with Crippen molar-refractivity contribution in [3.63, 3.8) is 0 Å². The zero-order chi connectivity index (χ0) is 15.4. The van der Waals surface area contributed by atoms with Gasteiger partial charge in [-0.2, -0.15) is 0 Å². The number of amides is 2. The van der Waals surface area contributed by atoms with E-state index >= 15 is 0 Å². The Morgan fingerprint density at radius 3 is 2.95 bits per heavy atom. The van der Waals surface area contributed by atoms with Crippen molar-refractivity contribution in [3.05, 3.63) is 40.3 Å². The highest BCUT2D eigenvalue weighted by Gasteiger charge is 2.27. The molecule has 0 aromatic heterocycles. The third-order valence-electron chi connectivity index (χ3n) is 3.24. The first-order valence-corrected chi connectivity index (χ1v) is 6.66. The van der Waals surface area contributed by atoms with Gasteiger partial charge in [-0.25, -0.2) is 4.39 Å². The van der Waals surface area contributed by atoms with Crippen LogP contribution in [0.2, 0.25) is 5.02 Å². The maximum Gasteiger partial charge on any atom is 0.258 e. The van der Waals surface area contributed by atoms with Crippen molar-refractivity contribution in [1.82, 2.24) is 10.6 Å². The zero-order valence-electron chi connectivity index (χ0n) is 11.3. The van der Waals surface area contributed by atoms with Gasteiger partial charge in [-0.3, -0.25) is 9.59 Å². The highest BCUT2D eigenvalue weighted by molar-refractivity contribution is 6.30. The molecule has 1 aromatic carbocycles. The lowest BCUT2D eigenvalue weighted by molar-refractivity contribution is -0.123. The first-order valence-electron chi connectivity index (χ1n) is 6.28. The molecule has 1 unspecified atom stereocenters. The van der Waals surface area contributed by atoms with E-state index < -0.39 is 5.82 Å². The van der Waals surface area contributed by atoms with Crippen molar-refractivity contribution >= 4 is 23.9 Å². The lowest BCUT2D eigenvalue weighted by Crippen LogP contribution is -2.45. The second kappa shape index (κ2) is 6.58. The number of rotatable bonds is 6. The quantitative estimate of drug-likeness (QED) is 0.787. The van der Waals surface area contributed by atoms with E-state index in [2.05, 4.69) is 10.6 Å². The minimum absolute atomic E-state index is 0.00256. The molecular formula is C14H14ClFN2O3. The molecule has 0 aliphatic heterocycles. The minimum atomic E-state index is -0.600. The van der Waals surface area contributed by atoms with E-state index in [0.29, 0.717) is 12.8 Å². The molecule has 0 spiro atoms. The van der Waals surface area contributed by atoms with Gasteiger partial charge in [0.05, 0.1) is 11.1 Å². The van der Waals surface area contributed by atoms with Gasteiger partial charge in [0, 0.05) is 18.2 Å². The molecule has 7 heteroatoms. The van der Waals surface area contributed by atoms with Crippen LogP contribution < -0.4 is 15.4 Å². The summed E-state index contributed by atoms with van der Waals surface area (Å²) in [6.07, 6.45) is 1.18. The Morgan fingerprint density at radius 2 is 2.33 bits per heavy atom. The van der Waals surface area contributed by atoms with Gasteiger partial charge in [0.1, 0.15) is 11.6 Å². The Bertz CT molecular complexity index is 604. The molecule has 1 aliphatic carbocycles. The number of ether oxygens (including phenoxy) is 1. The summed E-state index contributed by atoms with van der Waals surface area (Å²) in [5, 5.41) is 5.32. The van der Waals surface area contributed by atoms with Crippen LogP contribution in [0.4, 0.5) is 4.39 Å². The van der Waals surface area contributed by atoms with E-state index in [1.165, 1.54) is 12.1 Å². The summed E-state index contributed by atoms with van der Waals surface area (Å²) >= 11 is 5.55. The van der Waals surface area contributed by atoms with Crippen LogP contribution in [0.5, 0.6) is 5.75 Å². The summed E-state index contributed by atoms with van der Waals surface area (Å²) in [5.41, 5.74) is 1.73. The second-order valence-electron chi connectivity index (χ2n) is 4.61. The Hall–Kier alpha value is -2.08. The van der Waals surface area contributed by atoms with E-state index in [-0.39, 0.29) is 29.3 Å². The van der Waals surface area contributed by atoms with E-state index in [9.17, 15) is 14.0 Å². The van der Waals surface area contributed by atoms with Crippen molar-refractivity contribution in [2.45, 2.75) is 19.4 Å². The van der Waals surface area contributed by atoms with Gasteiger partial charge in [0.2, 0.25) is 6.41 Å². The molecule has 1 atom stereocenters. The SMILES string of the molecule is CC1=C(NC=O)CC1NC(=O)COc1ccc(Cl)c(F)c1. The standard InChI is InChI=1S/C14H14ClFN2O3/c1-8-12(17-7-19)5-13(8)18-14(20)6-21-9-2-3-10(15)11(16)4-9/h2-4,7,13H,5-6H2,1H3,(H,17,19)(H,18,20). The highest BCUT2D eigenvalue weighted by Crippen LogP contribution is 2.25. The number of hydrogen-bond donors (Lipinski definition) is 2. The van der Waals surface area contributed by atoms with Crippen LogP contribution in [-0.4, -0.2) is 25.0 Å². The lowest BCUT2D eigenvalue weighted by atomic mass is 9.89. The maximum atomic E-state index is 13.2. The maximum absolute atomic E-state index is 13.2. The summed E-state index contributed by atoms with van der Waals surface area (Å²) in [6, 6.07) is 3.86. The predicted octanol–water partition coefficient (Wildman–Crippen LogP) is 1.77. The average molecular weight is 313 g/mol. The van der Waals surface area contributed by atoms with Gasteiger partial charge in [-0.15, -0.1) is 0 Å². The molecule has 0 heterocycles. The van der Waals surface area contributed by atoms with Gasteiger partial charge < -0.3 is 15.4 Å². The van der Waals surface area contributed by atoms with Gasteiger partial charge in [0.15, 0.2) is 6.61 Å². The first-order chi connectivity index (χ1) is 10.0. The number of halogens is 2. The summed E-state index contributed by atoms with van der Waals surface area (Å²) in [6.45, 7) is 1.61. The van der Waals surface area contributed by atoms with Crippen LogP contribution in [0, 0.1) is 5.82 Å². The fourth-order valence-corrected chi connectivity index (χ4v) is 2.07. The third kappa shape index (κ3) is 3.72. The van der Waals surface area contributed by atoms with Crippen LogP contribution in [0.15, 0.2) is 29.5 Å². The van der Waals surface area contributed by atoms with Crippen molar-refractivity contribution in [2.24, 2.45) is 0 Å². The monoisotopic (exact) mass is 312 g/mol. The molecule has 0 bridgehead atoms. The molecule has 2 N–H and O–H groups in total. The second-order valence-corrected chi connectivity index (χ2v) is 5.02. The summed E-state index contributed by atoms with van der Waals surface area (Å²) in [5.74, 6) is -0.687. The Labute approximate surface area is 126 Å². The van der Waals surface area contributed by atoms with Crippen LogP contribution in [0.1, 0.15) is 13.3 Å². The normalized spacial score (nSPS) is 17.0. The first kappa shape index (κ1) is 15.3. The molecule has 2 amide bonds. The molecule has 0 saturated carbocycles. The summed E-state index contributed by atoms with van der Waals surface area (Å²) in [4.78, 5) is 22.0. The molecule has 112 valence electrons. The van der Waals surface area contributed by atoms with E-state index in [4.69, 9.17) is 16.3 Å². The molecule has 1 aliphatic rings. The molecule has 0 radical (unpaired) electrons. The number of hydrogen-bond acceptors (Lipinski definition) is 3. The van der Waals surface area contributed by atoms with Crippen molar-refractivity contribution in [2.75, 3.05) is 6.61 Å². The van der Waals surface area contributed by atoms with Crippen LogP contribution in [0.25, 0.3) is 0 Å². The third-order valence-corrected chi connectivity index (χ3v) is 3.54. The van der Waals surface area contributed by atoms with E-state index in [1.54, 1.807) is 0 Å². The largest absolute Gasteiger partial charge is 0.484 e. The number of carbonyl (C=O) groups excluding carboxylic acids is 2. The summed E-state index contributed by atoms with van der Waals surface area (Å²) in [7, 11) is 0. The van der Waals surface area contributed by atoms with Crippen LogP contribution in [-0.2, 0) is 9.59 Å². The predicted molar refractivity (Wildman–Crippen MR) is 75.4 cm³/mol. The van der Waals surface area contributed by atoms with E-state index in [1.807, 2.05) is 6.92 Å².